The van der Waals surface area contributed by atoms with Gasteiger partial charge < -0.3 is 15.4 Å². The summed E-state index contributed by atoms with van der Waals surface area (Å²) in [4.78, 5) is 24.6. The maximum absolute atomic E-state index is 11.9. The quantitative estimate of drug-likeness (QED) is 0.476. The summed E-state index contributed by atoms with van der Waals surface area (Å²) in [6.45, 7) is 7.26. The van der Waals surface area contributed by atoms with Crippen LogP contribution in [0.15, 0.2) is 83.3 Å². The molecule has 3 rings (SSSR count). The smallest absolute Gasteiger partial charge is 0.408 e. The minimum atomic E-state index is -0.606. The van der Waals surface area contributed by atoms with E-state index in [0.717, 1.165) is 23.5 Å². The number of benzene rings is 2. The van der Waals surface area contributed by atoms with Crippen LogP contribution in [-0.4, -0.2) is 29.9 Å². The maximum atomic E-state index is 11.9. The van der Waals surface area contributed by atoms with Crippen LogP contribution in [0, 0.1) is 6.92 Å². The van der Waals surface area contributed by atoms with Gasteiger partial charge in [-0.1, -0.05) is 54.1 Å². The first kappa shape index (κ1) is 26.3. The molecule has 0 radical (unpaired) electrons. The minimum absolute atomic E-state index is 0.133. The molecule has 0 unspecified atom stereocenters. The summed E-state index contributed by atoms with van der Waals surface area (Å²) in [6.07, 6.45) is 8.31. The number of aryl methyl sites for hydroxylation is 1. The molecule has 0 atom stereocenters. The minimum Gasteiger partial charge on any atom is -0.444 e. The van der Waals surface area contributed by atoms with Gasteiger partial charge >= 0.3 is 6.09 Å². The Morgan fingerprint density at radius 1 is 1.00 bits per heavy atom. The van der Waals surface area contributed by atoms with E-state index in [0.29, 0.717) is 5.69 Å². The molecule has 1 aliphatic rings. The van der Waals surface area contributed by atoms with E-state index in [-0.39, 0.29) is 12.5 Å². The van der Waals surface area contributed by atoms with Crippen molar-refractivity contribution in [2.45, 2.75) is 51.0 Å². The number of hydrogen-bond acceptors (Lipinski definition) is 4. The molecule has 0 aliphatic heterocycles. The highest BCUT2D eigenvalue weighted by atomic mass is 32.2. The van der Waals surface area contributed by atoms with Crippen LogP contribution in [0.2, 0.25) is 0 Å². The predicted molar refractivity (Wildman–Crippen MR) is 138 cm³/mol. The normalized spacial score (nSPS) is 12.7. The number of allylic oxidation sites excluding steroid dienone is 3. The summed E-state index contributed by atoms with van der Waals surface area (Å²) in [6, 6.07) is 17.9. The molecular formula is C27H34N2O3S. The topological polar surface area (TPSA) is 67.4 Å². The van der Waals surface area contributed by atoms with Gasteiger partial charge in [-0.05, 0) is 70.4 Å². The van der Waals surface area contributed by atoms with Crippen LogP contribution >= 0.6 is 11.8 Å². The van der Waals surface area contributed by atoms with Gasteiger partial charge in [0.15, 0.2) is 0 Å². The molecule has 1 aliphatic carbocycles. The van der Waals surface area contributed by atoms with E-state index in [1.165, 1.54) is 11.1 Å². The molecule has 6 heteroatoms. The Bertz CT molecular complexity index is 946. The van der Waals surface area contributed by atoms with Gasteiger partial charge in [0.2, 0.25) is 5.91 Å². The van der Waals surface area contributed by atoms with Crippen molar-refractivity contribution < 1.29 is 14.3 Å². The Balaban J connectivity index is 0.000000468. The average Bonchev–Trinajstić information content (AvgIpc) is 2.78. The molecule has 0 saturated heterocycles. The van der Waals surface area contributed by atoms with Crippen molar-refractivity contribution in [2.24, 2.45) is 0 Å². The van der Waals surface area contributed by atoms with E-state index in [9.17, 15) is 9.59 Å². The lowest BCUT2D eigenvalue weighted by Crippen LogP contribution is -2.37. The summed E-state index contributed by atoms with van der Waals surface area (Å²) in [5, 5.41) is 5.19. The number of amides is 2. The molecule has 2 N–H and O–H groups in total. The molecule has 2 aromatic rings. The molecular weight excluding hydrogens is 432 g/mol. The largest absolute Gasteiger partial charge is 0.444 e. The zero-order valence-electron chi connectivity index (χ0n) is 19.9. The van der Waals surface area contributed by atoms with Crippen molar-refractivity contribution in [3.05, 3.63) is 84.0 Å². The zero-order valence-corrected chi connectivity index (χ0v) is 20.7. The van der Waals surface area contributed by atoms with E-state index >= 15 is 0 Å². The second kappa shape index (κ2) is 13.5. The van der Waals surface area contributed by atoms with Gasteiger partial charge in [0.05, 0.1) is 0 Å². The molecule has 0 spiro atoms. The molecule has 33 heavy (non-hydrogen) atoms. The number of nitrogens with one attached hydrogen (secondary N) is 2. The number of carbonyl (C=O) groups excluding carboxylic acids is 2. The number of rotatable bonds is 6. The number of alkyl carbamates (subject to hydrolysis) is 1. The summed E-state index contributed by atoms with van der Waals surface area (Å²) in [7, 11) is 0. The van der Waals surface area contributed by atoms with Crippen LogP contribution in [0.5, 0.6) is 0 Å². The number of ether oxygens (including phenoxy) is 1. The Hall–Kier alpha value is -2.99. The first-order chi connectivity index (χ1) is 15.7. The first-order valence-corrected chi connectivity index (χ1v) is 12.1. The zero-order chi connectivity index (χ0) is 24.1. The summed E-state index contributed by atoms with van der Waals surface area (Å²) >= 11 is 1.77. The number of hydrogen-bond donors (Lipinski definition) is 2. The van der Waals surface area contributed by atoms with Gasteiger partial charge in [-0.3, -0.25) is 4.79 Å². The van der Waals surface area contributed by atoms with Crippen LogP contribution in [0.1, 0.15) is 39.2 Å². The van der Waals surface area contributed by atoms with Crippen molar-refractivity contribution in [1.29, 1.82) is 0 Å². The highest BCUT2D eigenvalue weighted by Crippen LogP contribution is 2.24. The fourth-order valence-electron chi connectivity index (χ4n) is 2.78. The van der Waals surface area contributed by atoms with Gasteiger partial charge in [0.25, 0.3) is 0 Å². The predicted octanol–water partition coefficient (Wildman–Crippen LogP) is 6.51. The van der Waals surface area contributed by atoms with E-state index < -0.39 is 11.7 Å². The maximum Gasteiger partial charge on any atom is 0.408 e. The fourth-order valence-corrected chi connectivity index (χ4v) is 3.66. The Morgan fingerprint density at radius 2 is 1.70 bits per heavy atom. The van der Waals surface area contributed by atoms with Gasteiger partial charge in [-0.15, -0.1) is 11.8 Å². The molecule has 0 fully saturated rings. The summed E-state index contributed by atoms with van der Waals surface area (Å²) in [5.74, 6) is 0.649. The molecule has 176 valence electrons. The number of thioether (sulfide) groups is 1. The molecule has 0 aromatic heterocycles. The van der Waals surface area contributed by atoms with Crippen molar-refractivity contribution >= 4 is 29.4 Å². The van der Waals surface area contributed by atoms with Gasteiger partial charge in [-0.25, -0.2) is 4.79 Å². The molecule has 2 amide bonds. The van der Waals surface area contributed by atoms with Crippen molar-refractivity contribution in [3.8, 4) is 0 Å². The average molecular weight is 467 g/mol. The van der Waals surface area contributed by atoms with Crippen molar-refractivity contribution in [2.75, 3.05) is 17.6 Å². The fraction of sp³-hybridized carbons (Fsp3) is 0.333. The molecule has 0 bridgehead atoms. The standard InChI is InChI=1S/C20H26N2O3S.C7H8/c1-20(2,3)25-19(24)21-13-18(23)22-16-9-11-17(12-10-16)26-14-15-7-5-4-6-8-15;1-7-5-3-2-4-6-7/h5,7-12H,4,6,13-14H2,1-3H3,(H,21,24)(H,22,23);2-6H,1H3. The SMILES string of the molecule is CC(C)(C)OC(=O)NCC(=O)Nc1ccc(SCC2=CCCC=C2)cc1.Cc1ccccc1. The lowest BCUT2D eigenvalue weighted by Gasteiger charge is -2.19. The highest BCUT2D eigenvalue weighted by Gasteiger charge is 2.16. The number of carbonyl (C=O) groups is 2. The van der Waals surface area contributed by atoms with Crippen LogP contribution in [0.3, 0.4) is 0 Å². The van der Waals surface area contributed by atoms with Crippen LogP contribution in [-0.2, 0) is 9.53 Å². The molecule has 2 aromatic carbocycles. The third-order valence-electron chi connectivity index (χ3n) is 4.35. The van der Waals surface area contributed by atoms with E-state index in [4.69, 9.17) is 4.74 Å². The number of anilines is 1. The third-order valence-corrected chi connectivity index (χ3v) is 5.43. The van der Waals surface area contributed by atoms with Crippen LogP contribution in [0.4, 0.5) is 10.5 Å². The monoisotopic (exact) mass is 466 g/mol. The highest BCUT2D eigenvalue weighted by molar-refractivity contribution is 7.99. The summed E-state index contributed by atoms with van der Waals surface area (Å²) in [5.41, 5.74) is 2.79. The second-order valence-electron chi connectivity index (χ2n) is 8.63. The van der Waals surface area contributed by atoms with Crippen molar-refractivity contribution in [3.63, 3.8) is 0 Å². The van der Waals surface area contributed by atoms with Gasteiger partial charge in [0.1, 0.15) is 12.1 Å². The van der Waals surface area contributed by atoms with Gasteiger partial charge in [-0.2, -0.15) is 0 Å². The van der Waals surface area contributed by atoms with Crippen molar-refractivity contribution in [1.82, 2.24) is 5.32 Å². The van der Waals surface area contributed by atoms with Crippen LogP contribution in [0.25, 0.3) is 0 Å². The lowest BCUT2D eigenvalue weighted by atomic mass is 10.1. The van der Waals surface area contributed by atoms with E-state index in [1.807, 2.05) is 42.5 Å². The van der Waals surface area contributed by atoms with E-state index in [1.54, 1.807) is 32.5 Å². The Morgan fingerprint density at radius 3 is 2.24 bits per heavy atom. The van der Waals surface area contributed by atoms with E-state index in [2.05, 4.69) is 47.9 Å². The third kappa shape index (κ3) is 12.0. The van der Waals surface area contributed by atoms with Crippen LogP contribution < -0.4 is 10.6 Å². The Labute approximate surface area is 201 Å². The lowest BCUT2D eigenvalue weighted by molar-refractivity contribution is -0.115. The molecule has 5 nitrogen and oxygen atoms in total. The first-order valence-electron chi connectivity index (χ1n) is 11.1. The van der Waals surface area contributed by atoms with Gasteiger partial charge in [0, 0.05) is 16.3 Å². The summed E-state index contributed by atoms with van der Waals surface area (Å²) < 4.78 is 5.09. The molecule has 0 heterocycles. The second-order valence-corrected chi connectivity index (χ2v) is 9.68. The Kier molecular flexibility index (Phi) is 10.8. The molecule has 0 saturated carbocycles.